The molecule has 0 radical (unpaired) electrons. The molecule has 4 N–H and O–H groups in total. The third kappa shape index (κ3) is 3.15. The first-order valence-corrected chi connectivity index (χ1v) is 17.5. The lowest BCUT2D eigenvalue weighted by molar-refractivity contribution is -0.164. The van der Waals surface area contributed by atoms with E-state index in [2.05, 4.69) is 23.0 Å². The summed E-state index contributed by atoms with van der Waals surface area (Å²) >= 11 is 0. The fraction of sp³-hybridized carbons (Fsp3) is 0.526. The predicted octanol–water partition coefficient (Wildman–Crippen LogP) is 3.28. The Bertz CT molecular complexity index is 1740. The van der Waals surface area contributed by atoms with E-state index >= 15 is 0 Å². The molecule has 0 aromatic heterocycles. The van der Waals surface area contributed by atoms with Crippen LogP contribution in [-0.2, 0) is 23.7 Å². The van der Waals surface area contributed by atoms with E-state index in [1.54, 1.807) is 12.1 Å². The number of aromatic hydroxyl groups is 2. The minimum absolute atomic E-state index is 0.0885. The first kappa shape index (κ1) is 29.2. The fourth-order valence-corrected chi connectivity index (χ4v) is 12.0. The van der Waals surface area contributed by atoms with E-state index in [1.165, 1.54) is 0 Å². The summed E-state index contributed by atoms with van der Waals surface area (Å²) in [7, 11) is 0. The van der Waals surface area contributed by atoms with E-state index in [0.717, 1.165) is 46.8 Å². The maximum Gasteiger partial charge on any atom is 0.166 e. The number of rotatable bonds is 5. The number of phenols is 2. The Kier molecular flexibility index (Phi) is 5.79. The number of phenolic OH excluding ortho intramolecular Hbond substituents is 2. The molecule has 2 saturated heterocycles. The van der Waals surface area contributed by atoms with E-state index in [4.69, 9.17) is 19.7 Å². The van der Waals surface area contributed by atoms with Crippen LogP contribution in [0.3, 0.4) is 0 Å². The van der Waals surface area contributed by atoms with Crippen LogP contribution in [0, 0.1) is 0 Å². The molecular weight excluding hydrogens is 608 g/mol. The molecule has 2 aromatic rings. The second-order valence-electron chi connectivity index (χ2n) is 15.4. The smallest absolute Gasteiger partial charge is 0.166 e. The maximum atomic E-state index is 12.7. The van der Waals surface area contributed by atoms with Crippen LogP contribution in [-0.4, -0.2) is 103 Å². The summed E-state index contributed by atoms with van der Waals surface area (Å²) in [4.78, 5) is 4.68. The van der Waals surface area contributed by atoms with Crippen molar-refractivity contribution < 1.29 is 29.9 Å². The monoisotopic (exact) mass is 650 g/mol. The third-order valence-corrected chi connectivity index (χ3v) is 13.8. The minimum atomic E-state index is -1.06. The molecule has 10 rings (SSSR count). The molecule has 4 aliphatic heterocycles. The highest BCUT2D eigenvalue weighted by molar-refractivity contribution is 5.97. The van der Waals surface area contributed by atoms with Gasteiger partial charge in [0.15, 0.2) is 35.2 Å². The molecule has 0 amide bonds. The second kappa shape index (κ2) is 9.50. The molecule has 2 spiro atoms. The molecule has 48 heavy (non-hydrogen) atoms. The van der Waals surface area contributed by atoms with Crippen LogP contribution in [0.5, 0.6) is 23.0 Å². The average Bonchev–Trinajstić information content (AvgIpc) is 3.61. The number of likely N-dealkylation sites (tertiary alicyclic amines) is 2. The van der Waals surface area contributed by atoms with Gasteiger partial charge >= 0.3 is 0 Å². The number of ether oxygens (including phenoxy) is 2. The zero-order valence-electron chi connectivity index (χ0n) is 27.1. The molecule has 2 saturated carbocycles. The molecule has 10 heteroatoms. The van der Waals surface area contributed by atoms with Crippen LogP contribution in [0.2, 0.25) is 0 Å². The first-order valence-electron chi connectivity index (χ1n) is 17.5. The minimum Gasteiger partial charge on any atom is -0.504 e. The zero-order valence-corrected chi connectivity index (χ0v) is 27.1. The number of hydrogen-bond acceptors (Lipinski definition) is 10. The zero-order chi connectivity index (χ0) is 32.8. The van der Waals surface area contributed by atoms with Gasteiger partial charge < -0.3 is 29.9 Å². The number of piperidine rings is 2. The largest absolute Gasteiger partial charge is 0.504 e. The van der Waals surface area contributed by atoms with Gasteiger partial charge in [-0.3, -0.25) is 9.80 Å². The van der Waals surface area contributed by atoms with Gasteiger partial charge in [-0.25, -0.2) is 0 Å². The van der Waals surface area contributed by atoms with Gasteiger partial charge in [0.2, 0.25) is 0 Å². The average molecular weight is 651 g/mol. The quantitative estimate of drug-likeness (QED) is 0.287. The molecule has 8 aliphatic rings. The molecule has 0 unspecified atom stereocenters. The molecular formula is C38H42N4O6. The fourth-order valence-electron chi connectivity index (χ4n) is 12.0. The molecule has 4 heterocycles. The van der Waals surface area contributed by atoms with Gasteiger partial charge in [0.1, 0.15) is 0 Å². The van der Waals surface area contributed by atoms with Gasteiger partial charge in [-0.15, -0.1) is 13.2 Å². The van der Waals surface area contributed by atoms with Crippen molar-refractivity contribution in [2.24, 2.45) is 10.2 Å². The standard InChI is InChI=1S/C38H42N4O6/c1-3-15-41-17-13-35-29-21-5-7-25(43)31(29)47-33(35)23(9-11-37(35,45)27(41)19-21)39-40-24-10-12-38(46)28-20-22-6-8-26(44)32-30(22)36(38,34(24)48-32)14-18-42(28)16-4-2/h3-8,27-28,33-34,43-46H,1-2,9-20H2/b39-23-,40-24-/t27-,28-,33-,34-,35-,36+,37+,38+/m1/s1. The van der Waals surface area contributed by atoms with Crippen LogP contribution < -0.4 is 9.47 Å². The molecule has 4 fully saturated rings. The highest BCUT2D eigenvalue weighted by atomic mass is 16.5. The topological polar surface area (TPSA) is 131 Å². The van der Waals surface area contributed by atoms with Crippen LogP contribution in [0.25, 0.3) is 0 Å². The van der Waals surface area contributed by atoms with Gasteiger partial charge in [0.05, 0.1) is 33.5 Å². The maximum absolute atomic E-state index is 12.7. The molecule has 10 nitrogen and oxygen atoms in total. The van der Waals surface area contributed by atoms with Crippen LogP contribution in [0.4, 0.5) is 0 Å². The number of benzene rings is 2. The Morgan fingerprint density at radius 3 is 1.56 bits per heavy atom. The van der Waals surface area contributed by atoms with Crippen LogP contribution in [0.1, 0.15) is 60.8 Å². The summed E-state index contributed by atoms with van der Waals surface area (Å²) in [5, 5.41) is 57.4. The second-order valence-corrected chi connectivity index (χ2v) is 15.4. The summed E-state index contributed by atoms with van der Waals surface area (Å²) in [5.41, 5.74) is 1.99. The van der Waals surface area contributed by atoms with E-state index in [1.807, 2.05) is 24.3 Å². The van der Waals surface area contributed by atoms with Crippen molar-refractivity contribution in [1.82, 2.24) is 9.80 Å². The number of aliphatic hydroxyl groups is 2. The Labute approximate surface area is 279 Å². The van der Waals surface area contributed by atoms with Crippen LogP contribution in [0.15, 0.2) is 59.8 Å². The molecule has 2 aromatic carbocycles. The van der Waals surface area contributed by atoms with Gasteiger partial charge in [-0.2, -0.15) is 10.2 Å². The summed E-state index contributed by atoms with van der Waals surface area (Å²) in [5.74, 6) is 1.11. The van der Waals surface area contributed by atoms with Gasteiger partial charge in [0.25, 0.3) is 0 Å². The van der Waals surface area contributed by atoms with E-state index < -0.39 is 34.2 Å². The Morgan fingerprint density at radius 1 is 0.708 bits per heavy atom. The first-order chi connectivity index (χ1) is 23.2. The highest BCUT2D eigenvalue weighted by Gasteiger charge is 2.74. The molecule has 4 bridgehead atoms. The summed E-state index contributed by atoms with van der Waals surface area (Å²) in [6.45, 7) is 10.9. The lowest BCUT2D eigenvalue weighted by Crippen LogP contribution is -2.76. The predicted molar refractivity (Wildman–Crippen MR) is 179 cm³/mol. The van der Waals surface area contributed by atoms with Gasteiger partial charge in [0, 0.05) is 49.4 Å². The lowest BCUT2D eigenvalue weighted by Gasteiger charge is -2.63. The Balaban J connectivity index is 1.08. The van der Waals surface area contributed by atoms with Crippen molar-refractivity contribution in [3.63, 3.8) is 0 Å². The SMILES string of the molecule is C=CCN1CC[C@]23c4c5ccc(O)c4O[C@@H]2/C(=N\N=C2\CC[C@]4(O)[C@H]6Cc7ccc(O)c8c7[C@]4(CCN6CC=C)[C@@H]2O8)CC[C@]3(O)[C@H]1C5. The molecule has 8 atom stereocenters. The van der Waals surface area contributed by atoms with Gasteiger partial charge in [-0.1, -0.05) is 24.3 Å². The lowest BCUT2D eigenvalue weighted by atomic mass is 9.48. The van der Waals surface area contributed by atoms with E-state index in [9.17, 15) is 20.4 Å². The third-order valence-electron chi connectivity index (χ3n) is 13.8. The van der Waals surface area contributed by atoms with Crippen molar-refractivity contribution in [1.29, 1.82) is 0 Å². The van der Waals surface area contributed by atoms with Crippen molar-refractivity contribution in [2.75, 3.05) is 26.2 Å². The number of nitrogens with zero attached hydrogens (tertiary/aromatic N) is 4. The van der Waals surface area contributed by atoms with Crippen molar-refractivity contribution in [3.8, 4) is 23.0 Å². The summed E-state index contributed by atoms with van der Waals surface area (Å²) in [6, 6.07) is 7.18. The van der Waals surface area contributed by atoms with E-state index in [0.29, 0.717) is 76.0 Å². The highest BCUT2D eigenvalue weighted by Crippen LogP contribution is 2.66. The number of hydrogen-bond donors (Lipinski definition) is 4. The Morgan fingerprint density at radius 2 is 1.15 bits per heavy atom. The van der Waals surface area contributed by atoms with Gasteiger partial charge in [-0.05, 0) is 74.6 Å². The summed E-state index contributed by atoms with van der Waals surface area (Å²) in [6.07, 6.45) is 7.42. The van der Waals surface area contributed by atoms with E-state index in [-0.39, 0.29) is 23.6 Å². The summed E-state index contributed by atoms with van der Waals surface area (Å²) < 4.78 is 13.3. The van der Waals surface area contributed by atoms with Crippen LogP contribution >= 0.6 is 0 Å². The normalized spacial score (nSPS) is 41.4. The Hall–Kier alpha value is -3.70. The van der Waals surface area contributed by atoms with Crippen molar-refractivity contribution in [2.45, 2.75) is 97.7 Å². The molecule has 250 valence electrons. The van der Waals surface area contributed by atoms with Crippen molar-refractivity contribution in [3.05, 3.63) is 71.8 Å². The molecule has 4 aliphatic carbocycles. The van der Waals surface area contributed by atoms with Crippen molar-refractivity contribution >= 4 is 11.4 Å².